The molecule has 100 valence electrons. The van der Waals surface area contributed by atoms with Crippen LogP contribution in [0, 0.1) is 0 Å². The molecule has 0 aromatic heterocycles. The van der Waals surface area contributed by atoms with Gasteiger partial charge in [-0.25, -0.2) is 0 Å². The summed E-state index contributed by atoms with van der Waals surface area (Å²) in [5.74, 6) is -0.141. The van der Waals surface area contributed by atoms with Gasteiger partial charge in [-0.2, -0.15) is 0 Å². The van der Waals surface area contributed by atoms with E-state index in [-0.39, 0.29) is 12.0 Å². The Bertz CT molecular complexity index is 519. The lowest BCUT2D eigenvalue weighted by molar-refractivity contribution is -0.142. The zero-order valence-electron chi connectivity index (χ0n) is 11.3. The molecule has 1 saturated carbocycles. The van der Waals surface area contributed by atoms with Crippen LogP contribution in [0.15, 0.2) is 30.8 Å². The topological polar surface area (TPSA) is 29.5 Å². The van der Waals surface area contributed by atoms with E-state index in [1.165, 1.54) is 31.1 Å². The van der Waals surface area contributed by atoms with E-state index in [2.05, 4.69) is 23.6 Å². The van der Waals surface area contributed by atoms with Gasteiger partial charge in [-0.3, -0.25) is 9.69 Å². The lowest BCUT2D eigenvalue weighted by Gasteiger charge is -2.38. The fourth-order valence-electron chi connectivity index (χ4n) is 2.96. The Kier molecular flexibility index (Phi) is 3.15. The van der Waals surface area contributed by atoms with Crippen molar-refractivity contribution in [1.82, 2.24) is 4.90 Å². The number of carbonyl (C=O) groups is 1. The minimum absolute atomic E-state index is 0.140. The molecule has 0 N–H and O–H groups in total. The zero-order valence-corrected chi connectivity index (χ0v) is 11.3. The lowest BCUT2D eigenvalue weighted by atomic mass is 9.88. The summed E-state index contributed by atoms with van der Waals surface area (Å²) in [5.41, 5.74) is 3.58. The van der Waals surface area contributed by atoms with Crippen molar-refractivity contribution < 1.29 is 9.53 Å². The van der Waals surface area contributed by atoms with Gasteiger partial charge in [-0.05, 0) is 29.5 Å². The molecule has 1 aliphatic heterocycles. The van der Waals surface area contributed by atoms with Gasteiger partial charge >= 0.3 is 5.97 Å². The molecule has 0 radical (unpaired) electrons. The van der Waals surface area contributed by atoms with E-state index >= 15 is 0 Å². The van der Waals surface area contributed by atoms with E-state index in [9.17, 15) is 4.79 Å². The number of ether oxygens (including phenoxy) is 1. The van der Waals surface area contributed by atoms with Crippen molar-refractivity contribution >= 4 is 11.5 Å². The molecule has 1 aliphatic carbocycles. The smallest absolute Gasteiger partial charge is 0.307 e. The van der Waals surface area contributed by atoms with E-state index in [1.54, 1.807) is 0 Å². The molecule has 3 heteroatoms. The van der Waals surface area contributed by atoms with Crippen LogP contribution >= 0.6 is 0 Å². The highest BCUT2D eigenvalue weighted by Gasteiger charge is 2.39. The van der Waals surface area contributed by atoms with E-state index in [0.717, 1.165) is 12.1 Å². The van der Waals surface area contributed by atoms with Gasteiger partial charge in [0.2, 0.25) is 0 Å². The second kappa shape index (κ2) is 4.82. The number of fused-ring (bicyclic) bond motifs is 1. The van der Waals surface area contributed by atoms with Crippen LogP contribution in [0.4, 0.5) is 0 Å². The highest BCUT2D eigenvalue weighted by molar-refractivity contribution is 5.74. The third kappa shape index (κ3) is 2.30. The maximum Gasteiger partial charge on any atom is 0.307 e. The lowest BCUT2D eigenvalue weighted by Crippen LogP contribution is -2.37. The molecule has 19 heavy (non-hydrogen) atoms. The number of carbonyl (C=O) groups excluding carboxylic acids is 1. The molecule has 1 atom stereocenters. The van der Waals surface area contributed by atoms with E-state index < -0.39 is 0 Å². The summed E-state index contributed by atoms with van der Waals surface area (Å²) in [6.45, 7) is 5.06. The predicted molar refractivity (Wildman–Crippen MR) is 74.6 cm³/mol. The average Bonchev–Trinajstić information content (AvgIpc) is 3.26. The van der Waals surface area contributed by atoms with Gasteiger partial charge in [0, 0.05) is 18.6 Å². The molecular weight excluding hydrogens is 238 g/mol. The van der Waals surface area contributed by atoms with Crippen molar-refractivity contribution in [2.45, 2.75) is 31.3 Å². The Balaban J connectivity index is 1.97. The standard InChI is InChI=1S/C16H19NO2/c1-11-10-17(12-7-8-12)15(9-16(18)19-2)14-6-4-3-5-13(11)14/h3-6,12,15H,1,7-10H2,2H3. The molecule has 1 unspecified atom stereocenters. The second-order valence-corrected chi connectivity index (χ2v) is 5.39. The summed E-state index contributed by atoms with van der Waals surface area (Å²) in [6, 6.07) is 9.04. The molecule has 1 aromatic carbocycles. The van der Waals surface area contributed by atoms with Crippen LogP contribution in [0.5, 0.6) is 0 Å². The van der Waals surface area contributed by atoms with Crippen molar-refractivity contribution in [3.63, 3.8) is 0 Å². The molecule has 0 spiro atoms. The molecule has 0 saturated heterocycles. The summed E-state index contributed by atoms with van der Waals surface area (Å²) in [7, 11) is 1.46. The van der Waals surface area contributed by atoms with Gasteiger partial charge < -0.3 is 4.74 Å². The Morgan fingerprint density at radius 1 is 1.42 bits per heavy atom. The number of methoxy groups -OCH3 is 1. The van der Waals surface area contributed by atoms with Crippen LogP contribution in [0.2, 0.25) is 0 Å². The Morgan fingerprint density at radius 2 is 2.16 bits per heavy atom. The Morgan fingerprint density at radius 3 is 2.84 bits per heavy atom. The Labute approximate surface area is 113 Å². The van der Waals surface area contributed by atoms with Gasteiger partial charge in [0.1, 0.15) is 0 Å². The van der Waals surface area contributed by atoms with Crippen molar-refractivity contribution in [2.24, 2.45) is 0 Å². The summed E-state index contributed by atoms with van der Waals surface area (Å²) < 4.78 is 4.86. The number of esters is 1. The molecule has 1 heterocycles. The third-order valence-electron chi connectivity index (χ3n) is 4.08. The Hall–Kier alpha value is -1.61. The number of hydrogen-bond donors (Lipinski definition) is 0. The van der Waals surface area contributed by atoms with Gasteiger partial charge in [0.05, 0.1) is 13.5 Å². The molecule has 2 aliphatic rings. The quantitative estimate of drug-likeness (QED) is 0.780. The van der Waals surface area contributed by atoms with Crippen LogP contribution in [0.25, 0.3) is 5.57 Å². The van der Waals surface area contributed by atoms with Crippen LogP contribution < -0.4 is 0 Å². The third-order valence-corrected chi connectivity index (χ3v) is 4.08. The van der Waals surface area contributed by atoms with E-state index in [0.29, 0.717) is 12.5 Å². The minimum Gasteiger partial charge on any atom is -0.469 e. The van der Waals surface area contributed by atoms with E-state index in [1.807, 2.05) is 12.1 Å². The summed E-state index contributed by atoms with van der Waals surface area (Å²) in [6.07, 6.45) is 2.89. The van der Waals surface area contributed by atoms with Crippen LogP contribution in [0.3, 0.4) is 0 Å². The molecule has 3 rings (SSSR count). The van der Waals surface area contributed by atoms with Crippen molar-refractivity contribution in [3.8, 4) is 0 Å². The normalized spacial score (nSPS) is 23.0. The largest absolute Gasteiger partial charge is 0.469 e. The number of rotatable bonds is 3. The SMILES string of the molecule is C=C1CN(C2CC2)C(CC(=O)OC)c2ccccc21. The monoisotopic (exact) mass is 257 g/mol. The van der Waals surface area contributed by atoms with Crippen LogP contribution in [-0.4, -0.2) is 30.6 Å². The van der Waals surface area contributed by atoms with Crippen molar-refractivity contribution in [1.29, 1.82) is 0 Å². The van der Waals surface area contributed by atoms with Gasteiger partial charge in [-0.15, -0.1) is 0 Å². The van der Waals surface area contributed by atoms with E-state index in [4.69, 9.17) is 4.74 Å². The van der Waals surface area contributed by atoms with Crippen LogP contribution in [-0.2, 0) is 9.53 Å². The second-order valence-electron chi connectivity index (χ2n) is 5.39. The summed E-state index contributed by atoms with van der Waals surface area (Å²) in [5, 5.41) is 0. The maximum absolute atomic E-state index is 11.7. The highest BCUT2D eigenvalue weighted by Crippen LogP contribution is 2.43. The highest BCUT2D eigenvalue weighted by atomic mass is 16.5. The zero-order chi connectivity index (χ0) is 13.4. The fourth-order valence-corrected chi connectivity index (χ4v) is 2.96. The number of nitrogens with zero attached hydrogens (tertiary/aromatic N) is 1. The van der Waals surface area contributed by atoms with Gasteiger partial charge in [-0.1, -0.05) is 30.8 Å². The molecule has 1 aromatic rings. The first kappa shape index (κ1) is 12.4. The van der Waals surface area contributed by atoms with Crippen LogP contribution in [0.1, 0.15) is 36.4 Å². The molecule has 3 nitrogen and oxygen atoms in total. The molecule has 1 fully saturated rings. The molecule has 0 bridgehead atoms. The van der Waals surface area contributed by atoms with Gasteiger partial charge in [0.25, 0.3) is 0 Å². The minimum atomic E-state index is -0.141. The fraction of sp³-hybridized carbons (Fsp3) is 0.438. The first-order valence-electron chi connectivity index (χ1n) is 6.80. The molecule has 0 amide bonds. The summed E-state index contributed by atoms with van der Waals surface area (Å²) in [4.78, 5) is 14.1. The first-order valence-corrected chi connectivity index (χ1v) is 6.80. The average molecular weight is 257 g/mol. The number of benzene rings is 1. The first-order chi connectivity index (χ1) is 9.20. The van der Waals surface area contributed by atoms with Gasteiger partial charge in [0.15, 0.2) is 0 Å². The maximum atomic E-state index is 11.7. The summed E-state index contributed by atoms with van der Waals surface area (Å²) >= 11 is 0. The van der Waals surface area contributed by atoms with Crippen molar-refractivity contribution in [2.75, 3.05) is 13.7 Å². The number of hydrogen-bond acceptors (Lipinski definition) is 3. The molecular formula is C16H19NO2. The van der Waals surface area contributed by atoms with Crippen molar-refractivity contribution in [3.05, 3.63) is 42.0 Å². The predicted octanol–water partition coefficient (Wildman–Crippen LogP) is 2.78.